The molecule has 1 aromatic carbocycles. The second-order valence-corrected chi connectivity index (χ2v) is 4.68. The van der Waals surface area contributed by atoms with E-state index in [9.17, 15) is 4.79 Å². The van der Waals surface area contributed by atoms with Crippen molar-refractivity contribution < 1.29 is 4.74 Å². The zero-order valence-corrected chi connectivity index (χ0v) is 10.6. The summed E-state index contributed by atoms with van der Waals surface area (Å²) in [4.78, 5) is 12.0. The highest BCUT2D eigenvalue weighted by Crippen LogP contribution is 2.26. The smallest absolute Gasteiger partial charge is 0.328 e. The van der Waals surface area contributed by atoms with Gasteiger partial charge in [-0.05, 0) is 6.07 Å². The predicted molar refractivity (Wildman–Crippen MR) is 69.7 cm³/mol. The van der Waals surface area contributed by atoms with Crippen LogP contribution >= 0.6 is 0 Å². The van der Waals surface area contributed by atoms with Gasteiger partial charge < -0.3 is 10.1 Å². The molecule has 1 aliphatic heterocycles. The number of nitrogens with zero attached hydrogens (tertiary/aromatic N) is 2. The number of imidazole rings is 1. The molecule has 1 saturated heterocycles. The summed E-state index contributed by atoms with van der Waals surface area (Å²) in [5.74, 6) is 0. The minimum atomic E-state index is 0.00113. The van der Waals surface area contributed by atoms with Crippen LogP contribution in [0.5, 0.6) is 0 Å². The number of aryl methyl sites for hydroxylation is 2. The Hall–Kier alpha value is -1.59. The molecular weight excluding hydrogens is 230 g/mol. The highest BCUT2D eigenvalue weighted by molar-refractivity contribution is 5.80. The van der Waals surface area contributed by atoms with Gasteiger partial charge in [0.05, 0.1) is 23.7 Å². The maximum absolute atomic E-state index is 12.0. The second kappa shape index (κ2) is 4.26. The monoisotopic (exact) mass is 247 g/mol. The molecule has 0 aliphatic carbocycles. The molecule has 1 aliphatic rings. The summed E-state index contributed by atoms with van der Waals surface area (Å²) in [6.45, 7) is 2.39. The molecule has 1 aromatic heterocycles. The maximum Gasteiger partial charge on any atom is 0.328 e. The van der Waals surface area contributed by atoms with E-state index < -0.39 is 0 Å². The van der Waals surface area contributed by atoms with Gasteiger partial charge in [0.25, 0.3) is 0 Å². The molecule has 0 saturated carbocycles. The summed E-state index contributed by atoms with van der Waals surface area (Å²) in [6, 6.07) is 5.99. The first-order valence-corrected chi connectivity index (χ1v) is 6.17. The number of para-hydroxylation sites is 1. The van der Waals surface area contributed by atoms with Crippen LogP contribution in [0.3, 0.4) is 0 Å². The second-order valence-electron chi connectivity index (χ2n) is 4.68. The Morgan fingerprint density at radius 3 is 2.89 bits per heavy atom. The summed E-state index contributed by atoms with van der Waals surface area (Å²) in [7, 11) is 3.61. The molecule has 18 heavy (non-hydrogen) atoms. The summed E-state index contributed by atoms with van der Waals surface area (Å²) < 4.78 is 9.16. The average Bonchev–Trinajstić information content (AvgIpc) is 2.65. The van der Waals surface area contributed by atoms with E-state index in [1.165, 1.54) is 0 Å². The lowest BCUT2D eigenvalue weighted by Gasteiger charge is -2.24. The standard InChI is InChI=1S/C13H17N3O2/c1-15-10-5-3-4-9(11-8-14-6-7-18-11)12(10)16(2)13(15)17/h3-5,11,14H,6-8H2,1-2H3. The van der Waals surface area contributed by atoms with Gasteiger partial charge in [-0.2, -0.15) is 0 Å². The predicted octanol–water partition coefficient (Wildman–Crippen LogP) is 0.538. The van der Waals surface area contributed by atoms with Crippen molar-refractivity contribution in [1.82, 2.24) is 14.5 Å². The minimum absolute atomic E-state index is 0.00113. The minimum Gasteiger partial charge on any atom is -0.371 e. The lowest BCUT2D eigenvalue weighted by molar-refractivity contribution is 0.0284. The third-order valence-electron chi connectivity index (χ3n) is 3.59. The van der Waals surface area contributed by atoms with Gasteiger partial charge in [-0.1, -0.05) is 12.1 Å². The number of hydrogen-bond donors (Lipinski definition) is 1. The summed E-state index contributed by atoms with van der Waals surface area (Å²) in [5, 5.41) is 3.32. The third-order valence-corrected chi connectivity index (χ3v) is 3.59. The Kier molecular flexibility index (Phi) is 2.72. The molecule has 0 amide bonds. The molecule has 1 atom stereocenters. The summed E-state index contributed by atoms with van der Waals surface area (Å²) in [6.07, 6.45) is 0.0236. The van der Waals surface area contributed by atoms with Crippen molar-refractivity contribution in [2.75, 3.05) is 19.7 Å². The van der Waals surface area contributed by atoms with Gasteiger partial charge in [0.1, 0.15) is 0 Å². The number of rotatable bonds is 1. The fraction of sp³-hybridized carbons (Fsp3) is 0.462. The number of hydrogen-bond acceptors (Lipinski definition) is 3. The van der Waals surface area contributed by atoms with Gasteiger partial charge in [-0.15, -0.1) is 0 Å². The van der Waals surface area contributed by atoms with E-state index in [0.717, 1.165) is 29.7 Å². The van der Waals surface area contributed by atoms with Gasteiger partial charge in [-0.3, -0.25) is 9.13 Å². The number of ether oxygens (including phenoxy) is 1. The first kappa shape index (κ1) is 11.5. The number of aromatic nitrogens is 2. The van der Waals surface area contributed by atoms with Crippen molar-refractivity contribution in [2.45, 2.75) is 6.10 Å². The summed E-state index contributed by atoms with van der Waals surface area (Å²) >= 11 is 0. The van der Waals surface area contributed by atoms with Gasteiger partial charge >= 0.3 is 5.69 Å². The molecule has 5 nitrogen and oxygen atoms in total. The Morgan fingerprint density at radius 1 is 1.33 bits per heavy atom. The topological polar surface area (TPSA) is 48.2 Å². The van der Waals surface area contributed by atoms with Crippen LogP contribution in [0.4, 0.5) is 0 Å². The van der Waals surface area contributed by atoms with E-state index in [4.69, 9.17) is 4.74 Å². The molecule has 0 radical (unpaired) electrons. The van der Waals surface area contributed by atoms with E-state index in [2.05, 4.69) is 5.32 Å². The van der Waals surface area contributed by atoms with Crippen LogP contribution in [0.2, 0.25) is 0 Å². The maximum atomic E-state index is 12.0. The molecule has 5 heteroatoms. The molecule has 2 heterocycles. The van der Waals surface area contributed by atoms with Gasteiger partial charge in [-0.25, -0.2) is 4.79 Å². The first-order chi connectivity index (χ1) is 8.70. The van der Waals surface area contributed by atoms with E-state index >= 15 is 0 Å². The van der Waals surface area contributed by atoms with Gasteiger partial charge in [0, 0.05) is 32.7 Å². The molecule has 0 bridgehead atoms. The summed E-state index contributed by atoms with van der Waals surface area (Å²) in [5.41, 5.74) is 3.01. The fourth-order valence-corrected chi connectivity index (χ4v) is 2.63. The van der Waals surface area contributed by atoms with Gasteiger partial charge in [0.2, 0.25) is 0 Å². The average molecular weight is 247 g/mol. The molecule has 1 fully saturated rings. The first-order valence-electron chi connectivity index (χ1n) is 6.17. The lowest BCUT2D eigenvalue weighted by atomic mass is 10.1. The SMILES string of the molecule is Cn1c(=O)n(C)c2c(C3CNCCO3)cccc21. The zero-order valence-electron chi connectivity index (χ0n) is 10.6. The quantitative estimate of drug-likeness (QED) is 0.800. The normalized spacial score (nSPS) is 20.4. The van der Waals surface area contributed by atoms with Crippen molar-refractivity contribution in [3.63, 3.8) is 0 Å². The molecule has 0 spiro atoms. The Balaban J connectivity index is 2.23. The van der Waals surface area contributed by atoms with E-state index in [0.29, 0.717) is 6.61 Å². The van der Waals surface area contributed by atoms with Crippen molar-refractivity contribution in [3.8, 4) is 0 Å². The Bertz CT molecular complexity index is 635. The van der Waals surface area contributed by atoms with Crippen molar-refractivity contribution >= 4 is 11.0 Å². The van der Waals surface area contributed by atoms with Crippen LogP contribution in [0.1, 0.15) is 11.7 Å². The van der Waals surface area contributed by atoms with Crippen molar-refractivity contribution in [2.24, 2.45) is 14.1 Å². The molecule has 2 aromatic rings. The van der Waals surface area contributed by atoms with Crippen LogP contribution in [0.15, 0.2) is 23.0 Å². The third kappa shape index (κ3) is 1.59. The largest absolute Gasteiger partial charge is 0.371 e. The lowest BCUT2D eigenvalue weighted by Crippen LogP contribution is -2.33. The van der Waals surface area contributed by atoms with E-state index in [1.54, 1.807) is 16.2 Å². The zero-order chi connectivity index (χ0) is 12.7. The van der Waals surface area contributed by atoms with Gasteiger partial charge in [0.15, 0.2) is 0 Å². The van der Waals surface area contributed by atoms with Crippen molar-refractivity contribution in [1.29, 1.82) is 0 Å². The number of fused-ring (bicyclic) bond motifs is 1. The number of benzene rings is 1. The number of nitrogens with one attached hydrogen (secondary N) is 1. The van der Waals surface area contributed by atoms with E-state index in [1.807, 2.05) is 25.2 Å². The van der Waals surface area contributed by atoms with Crippen molar-refractivity contribution in [3.05, 3.63) is 34.2 Å². The van der Waals surface area contributed by atoms with Crippen LogP contribution in [-0.4, -0.2) is 28.8 Å². The fourth-order valence-electron chi connectivity index (χ4n) is 2.63. The van der Waals surface area contributed by atoms with Crippen LogP contribution in [0, 0.1) is 0 Å². The van der Waals surface area contributed by atoms with Crippen LogP contribution < -0.4 is 11.0 Å². The molecule has 1 unspecified atom stereocenters. The number of morpholine rings is 1. The molecule has 96 valence electrons. The molecule has 1 N–H and O–H groups in total. The highest BCUT2D eigenvalue weighted by atomic mass is 16.5. The van der Waals surface area contributed by atoms with Crippen LogP contribution in [-0.2, 0) is 18.8 Å². The van der Waals surface area contributed by atoms with Crippen LogP contribution in [0.25, 0.3) is 11.0 Å². The highest BCUT2D eigenvalue weighted by Gasteiger charge is 2.21. The molecule has 3 rings (SSSR count). The Labute approximate surface area is 105 Å². The Morgan fingerprint density at radius 2 is 2.17 bits per heavy atom. The molecular formula is C13H17N3O2. The van der Waals surface area contributed by atoms with E-state index in [-0.39, 0.29) is 11.8 Å².